The maximum Gasteiger partial charge on any atom is 0.436 e. The van der Waals surface area contributed by atoms with Crippen molar-refractivity contribution in [3.05, 3.63) is 12.0 Å². The molecule has 3 rings (SSSR count). The van der Waals surface area contributed by atoms with Crippen molar-refractivity contribution in [2.45, 2.75) is 50.7 Å². The Morgan fingerprint density at radius 3 is 2.62 bits per heavy atom. The third kappa shape index (κ3) is 3.54. The average Bonchev–Trinajstić information content (AvgIpc) is 3.14. The highest BCUT2D eigenvalue weighted by Crippen LogP contribution is 2.31. The Labute approximate surface area is 136 Å². The molecule has 1 saturated carbocycles. The molecule has 2 aliphatic rings. The van der Waals surface area contributed by atoms with E-state index in [4.69, 9.17) is 0 Å². The summed E-state index contributed by atoms with van der Waals surface area (Å²) in [6.07, 6.45) is 1.06. The van der Waals surface area contributed by atoms with Crippen molar-refractivity contribution >= 4 is 17.8 Å². The number of hydrogen-bond acceptors (Lipinski definition) is 4. The SMILES string of the molecule is O=C(Nc1nc(C(F)(F)F)co1)C1CC(=O)N(C2CCCCC2)C1. The number of carbonyl (C=O) groups is 2. The number of amides is 2. The first-order valence-corrected chi connectivity index (χ1v) is 7.97. The molecule has 2 fully saturated rings. The molecule has 1 aromatic heterocycles. The number of nitrogens with zero attached hydrogens (tertiary/aromatic N) is 2. The van der Waals surface area contributed by atoms with Gasteiger partial charge in [-0.2, -0.15) is 18.2 Å². The maximum absolute atomic E-state index is 12.5. The van der Waals surface area contributed by atoms with Gasteiger partial charge in [-0.25, -0.2) is 0 Å². The minimum atomic E-state index is -4.63. The van der Waals surface area contributed by atoms with E-state index in [2.05, 4.69) is 14.7 Å². The lowest BCUT2D eigenvalue weighted by molar-refractivity contribution is -0.141. The van der Waals surface area contributed by atoms with Crippen molar-refractivity contribution in [2.75, 3.05) is 11.9 Å². The molecule has 1 aliphatic carbocycles. The minimum absolute atomic E-state index is 0.0647. The molecule has 132 valence electrons. The molecule has 1 N–H and O–H groups in total. The molecule has 1 unspecified atom stereocenters. The summed E-state index contributed by atoms with van der Waals surface area (Å²) >= 11 is 0. The van der Waals surface area contributed by atoms with Crippen LogP contribution >= 0.6 is 0 Å². The van der Waals surface area contributed by atoms with Gasteiger partial charge in [-0.05, 0) is 12.8 Å². The van der Waals surface area contributed by atoms with Crippen LogP contribution in [0.3, 0.4) is 0 Å². The Balaban J connectivity index is 1.59. The minimum Gasteiger partial charge on any atom is -0.431 e. The molecule has 2 heterocycles. The standard InChI is InChI=1S/C15H18F3N3O3/c16-15(17,18)11-8-24-14(19-11)20-13(23)9-6-12(22)21(7-9)10-4-2-1-3-5-10/h8-10H,1-7H2,(H,19,20,23). The van der Waals surface area contributed by atoms with Gasteiger partial charge in [0.1, 0.15) is 6.26 Å². The van der Waals surface area contributed by atoms with E-state index in [1.165, 1.54) is 0 Å². The zero-order valence-corrected chi connectivity index (χ0v) is 12.9. The van der Waals surface area contributed by atoms with E-state index in [-0.39, 0.29) is 18.4 Å². The van der Waals surface area contributed by atoms with E-state index in [0.717, 1.165) is 32.1 Å². The van der Waals surface area contributed by atoms with Crippen LogP contribution in [-0.4, -0.2) is 34.3 Å². The molecule has 2 amide bonds. The molecular formula is C15H18F3N3O3. The Bertz CT molecular complexity index is 623. The van der Waals surface area contributed by atoms with Crippen LogP contribution in [0, 0.1) is 5.92 Å². The van der Waals surface area contributed by atoms with Crippen molar-refractivity contribution in [1.29, 1.82) is 0 Å². The van der Waals surface area contributed by atoms with E-state index < -0.39 is 29.7 Å². The van der Waals surface area contributed by atoms with E-state index >= 15 is 0 Å². The van der Waals surface area contributed by atoms with Crippen LogP contribution in [0.1, 0.15) is 44.2 Å². The summed E-state index contributed by atoms with van der Waals surface area (Å²) in [5.74, 6) is -1.22. The number of rotatable bonds is 3. The molecule has 1 aromatic rings. The van der Waals surface area contributed by atoms with Gasteiger partial charge in [0.05, 0.1) is 5.92 Å². The zero-order valence-electron chi connectivity index (χ0n) is 12.9. The first-order valence-electron chi connectivity index (χ1n) is 7.97. The average molecular weight is 345 g/mol. The van der Waals surface area contributed by atoms with Gasteiger partial charge in [0.15, 0.2) is 5.69 Å². The number of aromatic nitrogens is 1. The van der Waals surface area contributed by atoms with Gasteiger partial charge in [0, 0.05) is 19.0 Å². The van der Waals surface area contributed by atoms with Crippen LogP contribution in [0.4, 0.5) is 19.2 Å². The van der Waals surface area contributed by atoms with Crippen molar-refractivity contribution in [3.63, 3.8) is 0 Å². The van der Waals surface area contributed by atoms with E-state index in [9.17, 15) is 22.8 Å². The number of hydrogen-bond donors (Lipinski definition) is 1. The summed E-state index contributed by atoms with van der Waals surface area (Å²) in [4.78, 5) is 29.2. The van der Waals surface area contributed by atoms with Gasteiger partial charge in [-0.1, -0.05) is 19.3 Å². The van der Waals surface area contributed by atoms with Gasteiger partial charge in [0.2, 0.25) is 11.8 Å². The summed E-state index contributed by atoms with van der Waals surface area (Å²) in [6.45, 7) is 0.294. The number of anilines is 1. The summed E-state index contributed by atoms with van der Waals surface area (Å²) < 4.78 is 42.0. The molecule has 24 heavy (non-hydrogen) atoms. The topological polar surface area (TPSA) is 75.4 Å². The summed E-state index contributed by atoms with van der Waals surface area (Å²) in [6, 6.07) is -0.335. The van der Waals surface area contributed by atoms with Crippen LogP contribution in [0.15, 0.2) is 10.7 Å². The second-order valence-corrected chi connectivity index (χ2v) is 6.26. The van der Waals surface area contributed by atoms with E-state index in [1.54, 1.807) is 4.90 Å². The quantitative estimate of drug-likeness (QED) is 0.914. The Hall–Kier alpha value is -2.06. The van der Waals surface area contributed by atoms with Gasteiger partial charge >= 0.3 is 12.2 Å². The van der Waals surface area contributed by atoms with Crippen LogP contribution in [-0.2, 0) is 15.8 Å². The van der Waals surface area contributed by atoms with Gasteiger partial charge in [-0.3, -0.25) is 14.9 Å². The second kappa shape index (κ2) is 6.45. The number of nitrogens with one attached hydrogen (secondary N) is 1. The van der Waals surface area contributed by atoms with Crippen LogP contribution in [0.25, 0.3) is 0 Å². The van der Waals surface area contributed by atoms with Gasteiger partial charge in [0.25, 0.3) is 0 Å². The lowest BCUT2D eigenvalue weighted by Gasteiger charge is -2.31. The lowest BCUT2D eigenvalue weighted by Crippen LogP contribution is -2.38. The Morgan fingerprint density at radius 1 is 1.29 bits per heavy atom. The number of likely N-dealkylation sites (tertiary alicyclic amines) is 1. The molecular weight excluding hydrogens is 327 g/mol. The van der Waals surface area contributed by atoms with Crippen molar-refractivity contribution in [1.82, 2.24) is 9.88 Å². The number of carbonyl (C=O) groups excluding carboxylic acids is 2. The van der Waals surface area contributed by atoms with Crippen molar-refractivity contribution in [2.24, 2.45) is 5.92 Å². The molecule has 0 aromatic carbocycles. The van der Waals surface area contributed by atoms with Gasteiger partial charge in [-0.15, -0.1) is 0 Å². The molecule has 9 heteroatoms. The smallest absolute Gasteiger partial charge is 0.431 e. The predicted molar refractivity (Wildman–Crippen MR) is 76.8 cm³/mol. The fourth-order valence-electron chi connectivity index (χ4n) is 3.32. The van der Waals surface area contributed by atoms with Crippen LogP contribution < -0.4 is 5.32 Å². The third-order valence-electron chi connectivity index (χ3n) is 4.57. The molecule has 1 aliphatic heterocycles. The molecule has 0 radical (unpaired) electrons. The molecule has 6 nitrogen and oxygen atoms in total. The predicted octanol–water partition coefficient (Wildman–Crippen LogP) is 2.81. The molecule has 1 saturated heterocycles. The second-order valence-electron chi connectivity index (χ2n) is 6.26. The summed E-state index contributed by atoms with van der Waals surface area (Å²) in [5, 5.41) is 2.22. The van der Waals surface area contributed by atoms with E-state index in [1.807, 2.05) is 0 Å². The largest absolute Gasteiger partial charge is 0.436 e. The molecule has 0 spiro atoms. The molecule has 0 bridgehead atoms. The number of oxazole rings is 1. The first kappa shape index (κ1) is 16.8. The fraction of sp³-hybridized carbons (Fsp3) is 0.667. The summed E-state index contributed by atoms with van der Waals surface area (Å²) in [7, 11) is 0. The lowest BCUT2D eigenvalue weighted by atomic mass is 9.94. The van der Waals surface area contributed by atoms with E-state index in [0.29, 0.717) is 12.8 Å². The normalized spacial score (nSPS) is 22.9. The van der Waals surface area contributed by atoms with Crippen molar-refractivity contribution < 1.29 is 27.2 Å². The fourth-order valence-corrected chi connectivity index (χ4v) is 3.32. The Morgan fingerprint density at radius 2 is 2.00 bits per heavy atom. The summed E-state index contributed by atoms with van der Waals surface area (Å²) in [5.41, 5.74) is -1.20. The highest BCUT2D eigenvalue weighted by atomic mass is 19.4. The Kier molecular flexibility index (Phi) is 4.51. The monoisotopic (exact) mass is 345 g/mol. The first-order chi connectivity index (χ1) is 11.3. The highest BCUT2D eigenvalue weighted by molar-refractivity contribution is 5.96. The van der Waals surface area contributed by atoms with Crippen LogP contribution in [0.5, 0.6) is 0 Å². The zero-order chi connectivity index (χ0) is 17.3. The molecule has 1 atom stereocenters. The third-order valence-corrected chi connectivity index (χ3v) is 4.57. The van der Waals surface area contributed by atoms with Crippen molar-refractivity contribution in [3.8, 4) is 0 Å². The van der Waals surface area contributed by atoms with Crippen LogP contribution in [0.2, 0.25) is 0 Å². The maximum atomic E-state index is 12.5. The number of halogens is 3. The van der Waals surface area contributed by atoms with Gasteiger partial charge < -0.3 is 9.32 Å². The number of alkyl halides is 3. The highest BCUT2D eigenvalue weighted by Gasteiger charge is 2.39.